The van der Waals surface area contributed by atoms with Crippen LogP contribution in [0.3, 0.4) is 0 Å². The second kappa shape index (κ2) is 8.11. The van der Waals surface area contributed by atoms with Crippen LogP contribution in [0.25, 0.3) is 0 Å². The van der Waals surface area contributed by atoms with Crippen molar-refractivity contribution in [1.29, 1.82) is 0 Å². The standard InChI is InChI=1S/C20H24FNO/c21-18-10-11-20(23-14-12-19-7-4-13-22-19)17(15-18)9-8-16-5-2-1-3-6-16/h1-3,5-6,10-11,15,19,22H,4,7-9,12-14H2. The topological polar surface area (TPSA) is 21.3 Å². The summed E-state index contributed by atoms with van der Waals surface area (Å²) in [5.41, 5.74) is 2.21. The van der Waals surface area contributed by atoms with Gasteiger partial charge in [0.25, 0.3) is 0 Å². The normalized spacial score (nSPS) is 17.3. The predicted molar refractivity (Wildman–Crippen MR) is 91.4 cm³/mol. The van der Waals surface area contributed by atoms with Crippen LogP contribution >= 0.6 is 0 Å². The molecule has 1 unspecified atom stereocenters. The fourth-order valence-electron chi connectivity index (χ4n) is 3.12. The first-order chi connectivity index (χ1) is 11.3. The lowest BCUT2D eigenvalue weighted by atomic mass is 10.0. The molecule has 23 heavy (non-hydrogen) atoms. The number of ether oxygens (including phenoxy) is 1. The van der Waals surface area contributed by atoms with Crippen LogP contribution in [-0.2, 0) is 12.8 Å². The highest BCUT2D eigenvalue weighted by atomic mass is 19.1. The molecule has 3 heteroatoms. The summed E-state index contributed by atoms with van der Waals surface area (Å²) in [6.07, 6.45) is 5.18. The van der Waals surface area contributed by atoms with Crippen LogP contribution in [0.4, 0.5) is 4.39 Å². The van der Waals surface area contributed by atoms with Crippen molar-refractivity contribution in [3.05, 3.63) is 65.5 Å². The number of rotatable bonds is 7. The Labute approximate surface area is 137 Å². The molecule has 1 atom stereocenters. The van der Waals surface area contributed by atoms with E-state index in [0.717, 1.165) is 37.1 Å². The van der Waals surface area contributed by atoms with Crippen molar-refractivity contribution in [3.63, 3.8) is 0 Å². The van der Waals surface area contributed by atoms with Crippen LogP contribution in [0.5, 0.6) is 5.75 Å². The fraction of sp³-hybridized carbons (Fsp3) is 0.400. The van der Waals surface area contributed by atoms with E-state index in [1.54, 1.807) is 12.1 Å². The Morgan fingerprint density at radius 2 is 1.96 bits per heavy atom. The van der Waals surface area contributed by atoms with Crippen molar-refractivity contribution in [3.8, 4) is 5.75 Å². The summed E-state index contributed by atoms with van der Waals surface area (Å²) >= 11 is 0. The highest BCUT2D eigenvalue weighted by molar-refractivity contribution is 5.35. The molecule has 2 nitrogen and oxygen atoms in total. The van der Waals surface area contributed by atoms with Gasteiger partial charge in [-0.1, -0.05) is 30.3 Å². The first-order valence-electron chi connectivity index (χ1n) is 8.50. The van der Waals surface area contributed by atoms with E-state index >= 15 is 0 Å². The van der Waals surface area contributed by atoms with Crippen LogP contribution in [0.15, 0.2) is 48.5 Å². The molecule has 0 bridgehead atoms. The zero-order valence-corrected chi connectivity index (χ0v) is 13.4. The maximum absolute atomic E-state index is 13.6. The molecule has 3 rings (SSSR count). The highest BCUT2D eigenvalue weighted by Gasteiger charge is 2.14. The molecule has 1 fully saturated rings. The lowest BCUT2D eigenvalue weighted by molar-refractivity contribution is 0.289. The largest absolute Gasteiger partial charge is 0.493 e. The minimum atomic E-state index is -0.196. The molecule has 2 aromatic rings. The number of hydrogen-bond acceptors (Lipinski definition) is 2. The Hall–Kier alpha value is -1.87. The Bertz CT molecular complexity index is 608. The van der Waals surface area contributed by atoms with Crippen LogP contribution in [0.1, 0.15) is 30.4 Å². The van der Waals surface area contributed by atoms with Gasteiger partial charge in [0, 0.05) is 6.04 Å². The lowest BCUT2D eigenvalue weighted by Gasteiger charge is -2.14. The minimum Gasteiger partial charge on any atom is -0.493 e. The molecule has 0 aromatic heterocycles. The van der Waals surface area contributed by atoms with E-state index in [0.29, 0.717) is 12.6 Å². The molecule has 1 heterocycles. The van der Waals surface area contributed by atoms with Crippen molar-refractivity contribution in [2.45, 2.75) is 38.1 Å². The molecule has 0 radical (unpaired) electrons. The summed E-state index contributed by atoms with van der Waals surface area (Å²) in [5.74, 6) is 0.623. The summed E-state index contributed by atoms with van der Waals surface area (Å²) in [7, 11) is 0. The van der Waals surface area contributed by atoms with Crippen molar-refractivity contribution in [1.82, 2.24) is 5.32 Å². The summed E-state index contributed by atoms with van der Waals surface area (Å²) in [6, 6.07) is 15.7. The van der Waals surface area contributed by atoms with Gasteiger partial charge in [0.15, 0.2) is 0 Å². The SMILES string of the molecule is Fc1ccc(OCCC2CCCN2)c(CCc2ccccc2)c1. The van der Waals surface area contributed by atoms with Crippen molar-refractivity contribution in [2.75, 3.05) is 13.2 Å². The van der Waals surface area contributed by atoms with Crippen molar-refractivity contribution in [2.24, 2.45) is 0 Å². The maximum atomic E-state index is 13.6. The Kier molecular flexibility index (Phi) is 5.65. The van der Waals surface area contributed by atoms with E-state index in [4.69, 9.17) is 4.74 Å². The molecule has 0 saturated carbocycles. The fourth-order valence-corrected chi connectivity index (χ4v) is 3.12. The third kappa shape index (κ3) is 4.80. The Balaban J connectivity index is 1.58. The van der Waals surface area contributed by atoms with Gasteiger partial charge >= 0.3 is 0 Å². The van der Waals surface area contributed by atoms with Crippen LogP contribution < -0.4 is 10.1 Å². The number of aryl methyl sites for hydroxylation is 2. The molecule has 1 saturated heterocycles. The average Bonchev–Trinajstić information content (AvgIpc) is 3.09. The van der Waals surface area contributed by atoms with Crippen LogP contribution in [0, 0.1) is 5.82 Å². The smallest absolute Gasteiger partial charge is 0.123 e. The molecule has 0 amide bonds. The van der Waals surface area contributed by atoms with Gasteiger partial charge in [0.05, 0.1) is 6.61 Å². The second-order valence-electron chi connectivity index (χ2n) is 6.17. The lowest BCUT2D eigenvalue weighted by Crippen LogP contribution is -2.23. The third-order valence-electron chi connectivity index (χ3n) is 4.43. The van der Waals surface area contributed by atoms with Gasteiger partial charge in [0.2, 0.25) is 0 Å². The molecule has 2 aromatic carbocycles. The van der Waals surface area contributed by atoms with Crippen molar-refractivity contribution >= 4 is 0 Å². The number of hydrogen-bond donors (Lipinski definition) is 1. The predicted octanol–water partition coefficient (Wildman–Crippen LogP) is 4.13. The first-order valence-corrected chi connectivity index (χ1v) is 8.50. The third-order valence-corrected chi connectivity index (χ3v) is 4.43. The van der Waals surface area contributed by atoms with Gasteiger partial charge in [0.1, 0.15) is 11.6 Å². The zero-order chi connectivity index (χ0) is 15.9. The Morgan fingerprint density at radius 3 is 2.74 bits per heavy atom. The van der Waals surface area contributed by atoms with E-state index in [2.05, 4.69) is 17.4 Å². The summed E-state index contributed by atoms with van der Waals surface area (Å²) in [5, 5.41) is 3.47. The second-order valence-corrected chi connectivity index (χ2v) is 6.17. The first kappa shape index (κ1) is 16.0. The molecule has 1 aliphatic rings. The van der Waals surface area contributed by atoms with Gasteiger partial charge < -0.3 is 10.1 Å². The number of nitrogens with one attached hydrogen (secondary N) is 1. The molecule has 1 aliphatic heterocycles. The van der Waals surface area contributed by atoms with Gasteiger partial charge in [-0.15, -0.1) is 0 Å². The molecule has 0 aliphatic carbocycles. The molecule has 1 N–H and O–H groups in total. The van der Waals surface area contributed by atoms with Gasteiger partial charge in [-0.3, -0.25) is 0 Å². The Morgan fingerprint density at radius 1 is 1.09 bits per heavy atom. The molecule has 0 spiro atoms. The zero-order valence-electron chi connectivity index (χ0n) is 13.4. The molecular weight excluding hydrogens is 289 g/mol. The summed E-state index contributed by atoms with van der Waals surface area (Å²) < 4.78 is 19.5. The minimum absolute atomic E-state index is 0.196. The van der Waals surface area contributed by atoms with E-state index in [1.807, 2.05) is 18.2 Å². The van der Waals surface area contributed by atoms with Crippen LogP contribution in [0.2, 0.25) is 0 Å². The van der Waals surface area contributed by atoms with E-state index in [-0.39, 0.29) is 5.82 Å². The molecule has 122 valence electrons. The maximum Gasteiger partial charge on any atom is 0.123 e. The van der Waals surface area contributed by atoms with E-state index in [1.165, 1.54) is 24.5 Å². The highest BCUT2D eigenvalue weighted by Crippen LogP contribution is 2.22. The van der Waals surface area contributed by atoms with Gasteiger partial charge in [-0.2, -0.15) is 0 Å². The number of benzene rings is 2. The average molecular weight is 313 g/mol. The monoisotopic (exact) mass is 313 g/mol. The quantitative estimate of drug-likeness (QED) is 0.830. The van der Waals surface area contributed by atoms with Gasteiger partial charge in [-0.25, -0.2) is 4.39 Å². The van der Waals surface area contributed by atoms with Crippen molar-refractivity contribution < 1.29 is 9.13 Å². The summed E-state index contributed by atoms with van der Waals surface area (Å²) in [6.45, 7) is 1.80. The number of halogens is 1. The van der Waals surface area contributed by atoms with E-state index < -0.39 is 0 Å². The summed E-state index contributed by atoms with van der Waals surface area (Å²) in [4.78, 5) is 0. The molecular formula is C20H24FNO. The van der Waals surface area contributed by atoms with Crippen LogP contribution in [-0.4, -0.2) is 19.2 Å². The van der Waals surface area contributed by atoms with Gasteiger partial charge in [-0.05, 0) is 68.0 Å². The van der Waals surface area contributed by atoms with E-state index in [9.17, 15) is 4.39 Å².